The van der Waals surface area contributed by atoms with Gasteiger partial charge in [0, 0.05) is 13.0 Å². The van der Waals surface area contributed by atoms with Crippen LogP contribution in [0.4, 0.5) is 13.2 Å². The van der Waals surface area contributed by atoms with Crippen molar-refractivity contribution in [2.24, 2.45) is 0 Å². The highest BCUT2D eigenvalue weighted by Gasteiger charge is 2.55. The molecule has 1 aromatic carbocycles. The van der Waals surface area contributed by atoms with Gasteiger partial charge in [-0.1, -0.05) is 37.3 Å². The van der Waals surface area contributed by atoms with Crippen LogP contribution in [-0.4, -0.2) is 47.8 Å². The van der Waals surface area contributed by atoms with Gasteiger partial charge in [-0.3, -0.25) is 10.1 Å². The molecule has 3 N–H and O–H groups in total. The van der Waals surface area contributed by atoms with Gasteiger partial charge in [0.15, 0.2) is 0 Å². The smallest absolute Gasteiger partial charge is 0.256 e. The van der Waals surface area contributed by atoms with E-state index in [1.807, 2.05) is 30.3 Å². The second-order valence-corrected chi connectivity index (χ2v) is 6.52. The summed E-state index contributed by atoms with van der Waals surface area (Å²) < 4.78 is 40.9. The summed E-state index contributed by atoms with van der Waals surface area (Å²) in [7, 11) is 0. The summed E-state index contributed by atoms with van der Waals surface area (Å²) in [6.07, 6.45) is -4.90. The fraction of sp³-hybridized carbons (Fsp3) is 0.611. The van der Waals surface area contributed by atoms with Gasteiger partial charge in [-0.2, -0.15) is 0 Å². The summed E-state index contributed by atoms with van der Waals surface area (Å²) >= 11 is 0. The number of hydrogen-bond donors (Lipinski definition) is 3. The van der Waals surface area contributed by atoms with Crippen molar-refractivity contribution < 1.29 is 23.1 Å². The van der Waals surface area contributed by atoms with E-state index < -0.39 is 30.3 Å². The van der Waals surface area contributed by atoms with Gasteiger partial charge in [0.1, 0.15) is 12.3 Å². The first kappa shape index (κ1) is 19.7. The highest BCUT2D eigenvalue weighted by atomic mass is 19.3. The van der Waals surface area contributed by atoms with Gasteiger partial charge in [0.25, 0.3) is 6.43 Å². The number of aryl methyl sites for hydroxylation is 1. The van der Waals surface area contributed by atoms with Crippen molar-refractivity contribution >= 4 is 5.91 Å². The molecule has 4 nitrogen and oxygen atoms in total. The molecule has 1 amide bonds. The first-order chi connectivity index (χ1) is 11.9. The second kappa shape index (κ2) is 8.67. The van der Waals surface area contributed by atoms with E-state index in [0.29, 0.717) is 12.8 Å². The van der Waals surface area contributed by atoms with E-state index in [1.165, 1.54) is 0 Å². The molecule has 0 aliphatic carbocycles. The number of rotatable bonds is 8. The van der Waals surface area contributed by atoms with E-state index >= 15 is 0 Å². The summed E-state index contributed by atoms with van der Waals surface area (Å²) in [6.45, 7) is 1.53. The van der Waals surface area contributed by atoms with Crippen molar-refractivity contribution in [1.82, 2.24) is 10.6 Å². The first-order valence-electron chi connectivity index (χ1n) is 8.58. The van der Waals surface area contributed by atoms with Crippen LogP contribution in [0.15, 0.2) is 30.3 Å². The molecule has 1 saturated heterocycles. The summed E-state index contributed by atoms with van der Waals surface area (Å²) in [5.74, 6) is -0.286. The minimum atomic E-state index is -2.88. The molecule has 0 unspecified atom stereocenters. The van der Waals surface area contributed by atoms with Crippen molar-refractivity contribution in [3.63, 3.8) is 0 Å². The second-order valence-electron chi connectivity index (χ2n) is 6.52. The summed E-state index contributed by atoms with van der Waals surface area (Å²) in [5, 5.41) is 15.0. The largest absolute Gasteiger partial charge is 0.388 e. The molecule has 0 saturated carbocycles. The lowest BCUT2D eigenvalue weighted by atomic mass is 9.87. The molecule has 1 fully saturated rings. The fourth-order valence-corrected chi connectivity index (χ4v) is 3.30. The first-order valence-corrected chi connectivity index (χ1v) is 8.58. The van der Waals surface area contributed by atoms with E-state index in [-0.39, 0.29) is 25.3 Å². The van der Waals surface area contributed by atoms with E-state index in [2.05, 4.69) is 10.6 Å². The highest BCUT2D eigenvalue weighted by molar-refractivity contribution is 5.75. The molecule has 1 aliphatic heterocycles. The van der Waals surface area contributed by atoms with Crippen LogP contribution >= 0.6 is 0 Å². The SMILES string of the molecule is CCC(=O)NC[C@@]1(CCCc2ccccc2)N[C@H](C(F)F)[C@@H](O)[C@H]1F. The van der Waals surface area contributed by atoms with Gasteiger partial charge in [-0.05, 0) is 24.8 Å². The minimum absolute atomic E-state index is 0.129. The van der Waals surface area contributed by atoms with Gasteiger partial charge in [-0.25, -0.2) is 13.2 Å². The maximum Gasteiger partial charge on any atom is 0.256 e. The van der Waals surface area contributed by atoms with Crippen molar-refractivity contribution in [2.45, 2.75) is 62.9 Å². The van der Waals surface area contributed by atoms with Crippen LogP contribution in [0.2, 0.25) is 0 Å². The number of hydrogen-bond acceptors (Lipinski definition) is 3. The molecule has 140 valence electrons. The number of aliphatic hydroxyl groups excluding tert-OH is 1. The Morgan fingerprint density at radius 3 is 2.60 bits per heavy atom. The molecule has 25 heavy (non-hydrogen) atoms. The fourth-order valence-electron chi connectivity index (χ4n) is 3.30. The third-order valence-corrected chi connectivity index (χ3v) is 4.77. The Balaban J connectivity index is 2.08. The molecule has 4 atom stereocenters. The predicted molar refractivity (Wildman–Crippen MR) is 89.2 cm³/mol. The number of aliphatic hydroxyl groups is 1. The Bertz CT molecular complexity index is 559. The summed E-state index contributed by atoms with van der Waals surface area (Å²) in [5.41, 5.74) is -0.324. The predicted octanol–water partition coefficient (Wildman–Crippen LogP) is 2.21. The molecule has 1 heterocycles. The summed E-state index contributed by atoms with van der Waals surface area (Å²) in [4.78, 5) is 11.5. The Morgan fingerprint density at radius 1 is 1.36 bits per heavy atom. The van der Waals surface area contributed by atoms with Crippen molar-refractivity contribution in [2.75, 3.05) is 6.54 Å². The Morgan fingerprint density at radius 2 is 2.04 bits per heavy atom. The molecule has 7 heteroatoms. The van der Waals surface area contributed by atoms with Gasteiger partial charge >= 0.3 is 0 Å². The van der Waals surface area contributed by atoms with Crippen LogP contribution in [0, 0.1) is 0 Å². The maximum atomic E-state index is 14.7. The zero-order chi connectivity index (χ0) is 18.4. The Labute approximate surface area is 145 Å². The number of benzene rings is 1. The molecule has 0 spiro atoms. The van der Waals surface area contributed by atoms with Gasteiger partial charge < -0.3 is 10.4 Å². The van der Waals surface area contributed by atoms with Gasteiger partial charge in [-0.15, -0.1) is 0 Å². The number of amides is 1. The van der Waals surface area contributed by atoms with Crippen LogP contribution in [0.5, 0.6) is 0 Å². The zero-order valence-corrected chi connectivity index (χ0v) is 14.2. The molecule has 1 aromatic rings. The standard InChI is InChI=1S/C18H25F3N2O2/c1-2-13(24)22-11-18(10-6-9-12-7-4-3-5-8-12)16(19)15(25)14(23-18)17(20)21/h3-5,7-8,14-17,23,25H,2,6,9-11H2,1H3,(H,22,24)/t14-,15+,16+,18+/m0/s1. The minimum Gasteiger partial charge on any atom is -0.388 e. The maximum absolute atomic E-state index is 14.7. The highest BCUT2D eigenvalue weighted by Crippen LogP contribution is 2.34. The van der Waals surface area contributed by atoms with Crippen molar-refractivity contribution in [3.05, 3.63) is 35.9 Å². The van der Waals surface area contributed by atoms with Gasteiger partial charge in [0.2, 0.25) is 5.91 Å². The molecule has 1 aliphatic rings. The molecule has 2 rings (SSSR count). The number of halogens is 3. The zero-order valence-electron chi connectivity index (χ0n) is 14.2. The number of alkyl halides is 3. The molecular weight excluding hydrogens is 333 g/mol. The lowest BCUT2D eigenvalue weighted by Gasteiger charge is -2.32. The number of carbonyl (C=O) groups excluding carboxylic acids is 1. The van der Waals surface area contributed by atoms with E-state index in [1.54, 1.807) is 6.92 Å². The number of nitrogens with one attached hydrogen (secondary N) is 2. The topological polar surface area (TPSA) is 61.4 Å². The van der Waals surface area contributed by atoms with E-state index in [4.69, 9.17) is 0 Å². The Hall–Kier alpha value is -1.60. The number of carbonyl (C=O) groups is 1. The molecular formula is C18H25F3N2O2. The molecule has 0 bridgehead atoms. The normalized spacial score (nSPS) is 29.1. The quantitative estimate of drug-likeness (QED) is 0.668. The van der Waals surface area contributed by atoms with Crippen molar-refractivity contribution in [1.29, 1.82) is 0 Å². The molecule has 0 radical (unpaired) electrons. The summed E-state index contributed by atoms with van der Waals surface area (Å²) in [6, 6.07) is 7.94. The average molecular weight is 358 g/mol. The van der Waals surface area contributed by atoms with E-state index in [9.17, 15) is 23.1 Å². The lowest BCUT2D eigenvalue weighted by molar-refractivity contribution is -0.121. The third-order valence-electron chi connectivity index (χ3n) is 4.77. The van der Waals surface area contributed by atoms with Crippen LogP contribution in [0.3, 0.4) is 0 Å². The van der Waals surface area contributed by atoms with Gasteiger partial charge in [0.05, 0.1) is 11.6 Å². The van der Waals surface area contributed by atoms with Crippen LogP contribution in [-0.2, 0) is 11.2 Å². The van der Waals surface area contributed by atoms with Crippen LogP contribution in [0.25, 0.3) is 0 Å². The van der Waals surface area contributed by atoms with Crippen molar-refractivity contribution in [3.8, 4) is 0 Å². The Kier molecular flexibility index (Phi) is 6.84. The average Bonchev–Trinajstić information content (AvgIpc) is 2.86. The third kappa shape index (κ3) is 4.73. The monoisotopic (exact) mass is 358 g/mol. The van der Waals surface area contributed by atoms with Crippen LogP contribution < -0.4 is 10.6 Å². The molecule has 0 aromatic heterocycles. The van der Waals surface area contributed by atoms with E-state index in [0.717, 1.165) is 5.56 Å². The van der Waals surface area contributed by atoms with Crippen LogP contribution in [0.1, 0.15) is 31.7 Å². The lowest BCUT2D eigenvalue weighted by Crippen LogP contribution is -2.56.